The van der Waals surface area contributed by atoms with Crippen molar-refractivity contribution in [1.82, 2.24) is 9.88 Å². The Morgan fingerprint density at radius 3 is 2.88 bits per heavy atom. The Balaban J connectivity index is 1.96. The molecule has 0 unspecified atom stereocenters. The molecule has 1 aliphatic rings. The van der Waals surface area contributed by atoms with Gasteiger partial charge in [0.2, 0.25) is 0 Å². The van der Waals surface area contributed by atoms with Gasteiger partial charge in [0.05, 0.1) is 24.5 Å². The summed E-state index contributed by atoms with van der Waals surface area (Å²) in [6.07, 6.45) is 1.94. The van der Waals surface area contributed by atoms with Gasteiger partial charge < -0.3 is 20.2 Å². The third-order valence-corrected chi connectivity index (χ3v) is 4.61. The molecular formula is C19H25N5O2. The predicted octanol–water partition coefficient (Wildman–Crippen LogP) is 2.33. The van der Waals surface area contributed by atoms with Crippen LogP contribution in [0.1, 0.15) is 36.3 Å². The van der Waals surface area contributed by atoms with Crippen molar-refractivity contribution in [3.05, 3.63) is 40.8 Å². The standard InChI is InChI=1S/C19H25N5O2/c1-3-24-7-6-15-16(9-20)18(21-10-13(2)25)23-19(17(15)12-24)22-11-14-5-4-8-26-14/h4-5,8,13,25H,3,6-7,10-12H2,1-2H3,(H2,21,22,23)/t13-/m0/s1. The number of hydrogen-bond acceptors (Lipinski definition) is 7. The van der Waals surface area contributed by atoms with Gasteiger partial charge in [-0.1, -0.05) is 6.92 Å². The van der Waals surface area contributed by atoms with E-state index in [1.54, 1.807) is 13.2 Å². The lowest BCUT2D eigenvalue weighted by molar-refractivity contribution is 0.208. The second-order valence-corrected chi connectivity index (χ2v) is 6.53. The van der Waals surface area contributed by atoms with Crippen LogP contribution in [0.25, 0.3) is 0 Å². The van der Waals surface area contributed by atoms with E-state index in [1.807, 2.05) is 12.1 Å². The monoisotopic (exact) mass is 355 g/mol. The number of pyridine rings is 1. The smallest absolute Gasteiger partial charge is 0.146 e. The third-order valence-electron chi connectivity index (χ3n) is 4.61. The highest BCUT2D eigenvalue weighted by atomic mass is 16.3. The Morgan fingerprint density at radius 2 is 2.23 bits per heavy atom. The summed E-state index contributed by atoms with van der Waals surface area (Å²) in [7, 11) is 0. The molecule has 0 fully saturated rings. The fourth-order valence-corrected chi connectivity index (χ4v) is 3.18. The van der Waals surface area contributed by atoms with Gasteiger partial charge in [0.25, 0.3) is 0 Å². The van der Waals surface area contributed by atoms with Crippen LogP contribution in [0.3, 0.4) is 0 Å². The van der Waals surface area contributed by atoms with E-state index in [0.717, 1.165) is 48.8 Å². The summed E-state index contributed by atoms with van der Waals surface area (Å²) in [5.41, 5.74) is 2.70. The zero-order valence-corrected chi connectivity index (χ0v) is 15.2. The summed E-state index contributed by atoms with van der Waals surface area (Å²) in [6, 6.07) is 6.07. The van der Waals surface area contributed by atoms with Gasteiger partial charge in [-0.15, -0.1) is 0 Å². The number of hydrogen-bond donors (Lipinski definition) is 3. The first kappa shape index (κ1) is 18.2. The number of aliphatic hydroxyl groups is 1. The van der Waals surface area contributed by atoms with Gasteiger partial charge in [-0.2, -0.15) is 5.26 Å². The Kier molecular flexibility index (Phi) is 5.76. The maximum absolute atomic E-state index is 9.69. The number of aromatic nitrogens is 1. The molecule has 0 amide bonds. The molecule has 0 saturated heterocycles. The van der Waals surface area contributed by atoms with Gasteiger partial charge in [0.1, 0.15) is 23.5 Å². The predicted molar refractivity (Wildman–Crippen MR) is 99.8 cm³/mol. The van der Waals surface area contributed by atoms with Gasteiger partial charge in [-0.05, 0) is 37.6 Å². The average molecular weight is 355 g/mol. The minimum Gasteiger partial charge on any atom is -0.467 e. The Morgan fingerprint density at radius 1 is 1.38 bits per heavy atom. The number of aliphatic hydroxyl groups excluding tert-OH is 1. The number of nitrogens with one attached hydrogen (secondary N) is 2. The van der Waals surface area contributed by atoms with E-state index >= 15 is 0 Å². The van der Waals surface area contributed by atoms with Crippen LogP contribution in [-0.2, 0) is 19.5 Å². The lowest BCUT2D eigenvalue weighted by atomic mass is 9.95. The molecule has 7 nitrogen and oxygen atoms in total. The molecule has 0 saturated carbocycles. The van der Waals surface area contributed by atoms with Gasteiger partial charge >= 0.3 is 0 Å². The first-order chi connectivity index (χ1) is 12.6. The van der Waals surface area contributed by atoms with Gasteiger partial charge in [0, 0.05) is 25.2 Å². The van der Waals surface area contributed by atoms with Crippen molar-refractivity contribution in [1.29, 1.82) is 5.26 Å². The van der Waals surface area contributed by atoms with Crippen LogP contribution in [0.2, 0.25) is 0 Å². The Bertz CT molecular complexity index is 780. The number of nitrogens with zero attached hydrogens (tertiary/aromatic N) is 3. The number of furan rings is 1. The SMILES string of the molecule is CCN1CCc2c(C#N)c(NC[C@H](C)O)nc(NCc3ccco3)c2C1. The molecule has 7 heteroatoms. The van der Waals surface area contributed by atoms with Crippen LogP contribution >= 0.6 is 0 Å². The Labute approximate surface area is 153 Å². The van der Waals surface area contributed by atoms with Crippen LogP contribution in [-0.4, -0.2) is 40.7 Å². The molecule has 0 aliphatic carbocycles. The van der Waals surface area contributed by atoms with Gasteiger partial charge in [0.15, 0.2) is 0 Å². The summed E-state index contributed by atoms with van der Waals surface area (Å²) < 4.78 is 5.39. The van der Waals surface area contributed by atoms with E-state index in [0.29, 0.717) is 24.5 Å². The van der Waals surface area contributed by atoms with Crippen molar-refractivity contribution < 1.29 is 9.52 Å². The molecule has 0 spiro atoms. The maximum atomic E-state index is 9.69. The molecule has 26 heavy (non-hydrogen) atoms. The quantitative estimate of drug-likeness (QED) is 0.701. The number of fused-ring (bicyclic) bond motifs is 1. The second-order valence-electron chi connectivity index (χ2n) is 6.53. The number of nitriles is 1. The molecule has 2 aromatic rings. The molecule has 2 aromatic heterocycles. The van der Waals surface area contributed by atoms with E-state index in [9.17, 15) is 10.4 Å². The molecule has 138 valence electrons. The Hall–Kier alpha value is -2.56. The highest BCUT2D eigenvalue weighted by Crippen LogP contribution is 2.32. The number of likely N-dealkylation sites (N-methyl/N-ethyl adjacent to an activating group) is 1. The lowest BCUT2D eigenvalue weighted by Crippen LogP contribution is -2.32. The number of anilines is 2. The minimum atomic E-state index is -0.519. The van der Waals surface area contributed by atoms with Crippen LogP contribution in [0.5, 0.6) is 0 Å². The molecular weight excluding hydrogens is 330 g/mol. The molecule has 1 atom stereocenters. The molecule has 0 radical (unpaired) electrons. The molecule has 0 aromatic carbocycles. The van der Waals surface area contributed by atoms with E-state index in [-0.39, 0.29) is 0 Å². The van der Waals surface area contributed by atoms with Crippen LogP contribution in [0, 0.1) is 11.3 Å². The highest BCUT2D eigenvalue weighted by Gasteiger charge is 2.25. The molecule has 3 rings (SSSR count). The molecule has 1 aliphatic heterocycles. The minimum absolute atomic E-state index is 0.346. The average Bonchev–Trinajstić information content (AvgIpc) is 3.17. The van der Waals surface area contributed by atoms with Crippen molar-refractivity contribution in [2.45, 2.75) is 39.5 Å². The second kappa shape index (κ2) is 8.21. The summed E-state index contributed by atoms with van der Waals surface area (Å²) in [5.74, 6) is 2.12. The van der Waals surface area contributed by atoms with Crippen molar-refractivity contribution in [3.8, 4) is 6.07 Å². The third kappa shape index (κ3) is 3.98. The maximum Gasteiger partial charge on any atom is 0.146 e. The van der Waals surface area contributed by atoms with E-state index in [4.69, 9.17) is 4.42 Å². The first-order valence-corrected chi connectivity index (χ1v) is 8.98. The van der Waals surface area contributed by atoms with Gasteiger partial charge in [-0.3, -0.25) is 4.90 Å². The van der Waals surface area contributed by atoms with Gasteiger partial charge in [-0.25, -0.2) is 4.98 Å². The summed E-state index contributed by atoms with van der Waals surface area (Å²) in [6.45, 7) is 7.37. The van der Waals surface area contributed by atoms with Crippen LogP contribution in [0.15, 0.2) is 22.8 Å². The summed E-state index contributed by atoms with van der Waals surface area (Å²) in [5, 5.41) is 25.7. The van der Waals surface area contributed by atoms with E-state index in [2.05, 4.69) is 33.5 Å². The molecule has 3 heterocycles. The van der Waals surface area contributed by atoms with Crippen LogP contribution in [0.4, 0.5) is 11.6 Å². The van der Waals surface area contributed by atoms with Crippen LogP contribution < -0.4 is 10.6 Å². The molecule has 3 N–H and O–H groups in total. The number of rotatable bonds is 7. The fourth-order valence-electron chi connectivity index (χ4n) is 3.18. The van der Waals surface area contributed by atoms with Crippen molar-refractivity contribution in [2.75, 3.05) is 30.3 Å². The largest absolute Gasteiger partial charge is 0.467 e. The fraction of sp³-hybridized carbons (Fsp3) is 0.474. The normalized spacial score (nSPS) is 15.2. The zero-order valence-electron chi connectivity index (χ0n) is 15.2. The highest BCUT2D eigenvalue weighted by molar-refractivity contribution is 5.66. The zero-order chi connectivity index (χ0) is 18.5. The lowest BCUT2D eigenvalue weighted by Gasteiger charge is -2.30. The van der Waals surface area contributed by atoms with Crippen molar-refractivity contribution >= 4 is 11.6 Å². The van der Waals surface area contributed by atoms with Crippen molar-refractivity contribution in [3.63, 3.8) is 0 Å². The molecule has 0 bridgehead atoms. The van der Waals surface area contributed by atoms with E-state index < -0.39 is 6.10 Å². The van der Waals surface area contributed by atoms with Crippen molar-refractivity contribution in [2.24, 2.45) is 0 Å². The summed E-state index contributed by atoms with van der Waals surface area (Å²) >= 11 is 0. The summed E-state index contributed by atoms with van der Waals surface area (Å²) in [4.78, 5) is 7.01. The first-order valence-electron chi connectivity index (χ1n) is 8.98. The van der Waals surface area contributed by atoms with E-state index in [1.165, 1.54) is 0 Å². The topological polar surface area (TPSA) is 97.4 Å².